The van der Waals surface area contributed by atoms with Crippen LogP contribution in [0, 0.1) is 12.7 Å². The van der Waals surface area contributed by atoms with Gasteiger partial charge in [-0.3, -0.25) is 0 Å². The summed E-state index contributed by atoms with van der Waals surface area (Å²) in [7, 11) is 0. The fraction of sp³-hybridized carbons (Fsp3) is 0.0526. The maximum Gasteiger partial charge on any atom is 0.150 e. The van der Waals surface area contributed by atoms with Crippen LogP contribution < -0.4 is 0 Å². The van der Waals surface area contributed by atoms with Gasteiger partial charge < -0.3 is 0 Å². The Labute approximate surface area is 139 Å². The second-order valence-corrected chi connectivity index (χ2v) is 5.20. The highest BCUT2D eigenvalue weighted by Crippen LogP contribution is 2.24. The predicted octanol–water partition coefficient (Wildman–Crippen LogP) is 6.96. The van der Waals surface area contributed by atoms with Gasteiger partial charge in [-0.1, -0.05) is 29.8 Å². The molecule has 0 atom stereocenters. The van der Waals surface area contributed by atoms with Crippen LogP contribution >= 0.6 is 0 Å². The van der Waals surface area contributed by atoms with Gasteiger partial charge in [0, 0.05) is 0 Å². The molecular weight excluding hydrogens is 303 g/mol. The summed E-state index contributed by atoms with van der Waals surface area (Å²) in [6, 6.07) is 21.1. The van der Waals surface area contributed by atoms with E-state index in [1.165, 1.54) is 11.6 Å². The second-order valence-electron chi connectivity index (χ2n) is 5.20. The molecule has 0 saturated carbocycles. The minimum absolute atomic E-state index is 0.209. The Morgan fingerprint density at radius 1 is 0.583 bits per heavy atom. The van der Waals surface area contributed by atoms with E-state index in [9.17, 15) is 4.39 Å². The van der Waals surface area contributed by atoms with Crippen molar-refractivity contribution in [2.45, 2.75) is 6.92 Å². The van der Waals surface area contributed by atoms with E-state index in [0.29, 0.717) is 11.4 Å². The fourth-order valence-electron chi connectivity index (χ4n) is 1.96. The van der Waals surface area contributed by atoms with Crippen molar-refractivity contribution >= 4 is 22.7 Å². The van der Waals surface area contributed by atoms with E-state index in [2.05, 4.69) is 20.5 Å². The lowest BCUT2D eigenvalue weighted by Gasteiger charge is -1.96. The van der Waals surface area contributed by atoms with E-state index in [-0.39, 0.29) is 5.69 Å². The van der Waals surface area contributed by atoms with E-state index in [1.807, 2.05) is 31.2 Å². The van der Waals surface area contributed by atoms with Crippen molar-refractivity contribution in [3.05, 3.63) is 84.2 Å². The SMILES string of the molecule is Cc1ccc(N=Nc2ccc(N=Nc3ccccc3F)cc2)cc1. The van der Waals surface area contributed by atoms with Gasteiger partial charge in [0.2, 0.25) is 0 Å². The molecule has 118 valence electrons. The Morgan fingerprint density at radius 3 is 1.58 bits per heavy atom. The van der Waals surface area contributed by atoms with Crippen LogP contribution in [0.25, 0.3) is 0 Å². The van der Waals surface area contributed by atoms with Crippen molar-refractivity contribution in [1.29, 1.82) is 0 Å². The summed E-state index contributed by atoms with van der Waals surface area (Å²) in [5, 5.41) is 16.3. The first-order chi connectivity index (χ1) is 11.7. The highest BCUT2D eigenvalue weighted by atomic mass is 19.1. The van der Waals surface area contributed by atoms with E-state index in [4.69, 9.17) is 0 Å². The molecule has 0 spiro atoms. The summed E-state index contributed by atoms with van der Waals surface area (Å²) in [5.74, 6) is -0.398. The molecule has 0 fully saturated rings. The van der Waals surface area contributed by atoms with Crippen molar-refractivity contribution in [3.63, 3.8) is 0 Å². The number of hydrogen-bond donors (Lipinski definition) is 0. The van der Waals surface area contributed by atoms with Crippen LogP contribution in [0.5, 0.6) is 0 Å². The van der Waals surface area contributed by atoms with E-state index < -0.39 is 5.82 Å². The lowest BCUT2D eigenvalue weighted by molar-refractivity contribution is 0.628. The van der Waals surface area contributed by atoms with Crippen LogP contribution in [0.2, 0.25) is 0 Å². The number of nitrogens with zero attached hydrogens (tertiary/aromatic N) is 4. The summed E-state index contributed by atoms with van der Waals surface area (Å²) in [5.41, 5.74) is 3.51. The normalized spacial score (nSPS) is 11.4. The summed E-state index contributed by atoms with van der Waals surface area (Å²) >= 11 is 0. The van der Waals surface area contributed by atoms with Crippen LogP contribution in [-0.4, -0.2) is 0 Å². The number of aryl methyl sites for hydroxylation is 1. The summed E-state index contributed by atoms with van der Waals surface area (Å²) in [4.78, 5) is 0. The zero-order chi connectivity index (χ0) is 16.8. The number of halogens is 1. The highest BCUT2D eigenvalue weighted by molar-refractivity contribution is 5.48. The van der Waals surface area contributed by atoms with Crippen LogP contribution in [0.3, 0.4) is 0 Å². The second kappa shape index (κ2) is 7.37. The quantitative estimate of drug-likeness (QED) is 0.467. The fourth-order valence-corrected chi connectivity index (χ4v) is 1.96. The van der Waals surface area contributed by atoms with Crippen molar-refractivity contribution in [3.8, 4) is 0 Å². The van der Waals surface area contributed by atoms with Gasteiger partial charge in [0.25, 0.3) is 0 Å². The third-order valence-corrected chi connectivity index (χ3v) is 3.29. The molecule has 0 unspecified atom stereocenters. The third kappa shape index (κ3) is 4.16. The Balaban J connectivity index is 1.69. The first kappa shape index (κ1) is 15.7. The van der Waals surface area contributed by atoms with Gasteiger partial charge in [0.15, 0.2) is 5.82 Å². The molecule has 3 aromatic rings. The van der Waals surface area contributed by atoms with Crippen LogP contribution in [0.4, 0.5) is 27.1 Å². The van der Waals surface area contributed by atoms with E-state index in [0.717, 1.165) is 5.69 Å². The first-order valence-corrected chi connectivity index (χ1v) is 7.45. The minimum Gasteiger partial charge on any atom is -0.205 e. The monoisotopic (exact) mass is 318 g/mol. The van der Waals surface area contributed by atoms with Gasteiger partial charge in [0.1, 0.15) is 5.69 Å². The molecule has 24 heavy (non-hydrogen) atoms. The maximum absolute atomic E-state index is 13.5. The molecule has 5 heteroatoms. The molecule has 0 radical (unpaired) electrons. The Hall–Kier alpha value is -3.21. The van der Waals surface area contributed by atoms with E-state index in [1.54, 1.807) is 42.5 Å². The van der Waals surface area contributed by atoms with Crippen LogP contribution in [-0.2, 0) is 0 Å². The summed E-state index contributed by atoms with van der Waals surface area (Å²) in [6.07, 6.45) is 0. The Morgan fingerprint density at radius 2 is 1.04 bits per heavy atom. The molecule has 0 bridgehead atoms. The van der Waals surface area contributed by atoms with Crippen molar-refractivity contribution in [1.82, 2.24) is 0 Å². The van der Waals surface area contributed by atoms with Gasteiger partial charge in [-0.2, -0.15) is 15.3 Å². The highest BCUT2D eigenvalue weighted by Gasteiger charge is 1.98. The number of benzene rings is 3. The average Bonchev–Trinajstić information content (AvgIpc) is 2.61. The maximum atomic E-state index is 13.5. The lowest BCUT2D eigenvalue weighted by atomic mass is 10.2. The molecule has 0 amide bonds. The van der Waals surface area contributed by atoms with Crippen LogP contribution in [0.1, 0.15) is 5.56 Å². The lowest BCUT2D eigenvalue weighted by Crippen LogP contribution is -1.72. The number of rotatable bonds is 4. The molecular formula is C19H15FN4. The van der Waals surface area contributed by atoms with Crippen molar-refractivity contribution < 1.29 is 4.39 Å². The van der Waals surface area contributed by atoms with Gasteiger partial charge in [0.05, 0.1) is 17.1 Å². The minimum atomic E-state index is -0.398. The Bertz CT molecular complexity index is 869. The molecule has 0 aliphatic carbocycles. The third-order valence-electron chi connectivity index (χ3n) is 3.29. The van der Waals surface area contributed by atoms with Crippen LogP contribution in [0.15, 0.2) is 93.3 Å². The molecule has 0 aromatic heterocycles. The molecule has 4 nitrogen and oxygen atoms in total. The molecule has 3 aromatic carbocycles. The van der Waals surface area contributed by atoms with E-state index >= 15 is 0 Å². The van der Waals surface area contributed by atoms with Gasteiger partial charge in [-0.15, -0.1) is 5.11 Å². The average molecular weight is 318 g/mol. The number of azo groups is 2. The standard InChI is InChI=1S/C19H15FN4/c1-14-6-8-15(9-7-14)21-22-16-10-12-17(13-11-16)23-24-19-5-3-2-4-18(19)20/h2-13H,1H3. The van der Waals surface area contributed by atoms with Gasteiger partial charge in [-0.05, 0) is 55.5 Å². The van der Waals surface area contributed by atoms with Gasteiger partial charge >= 0.3 is 0 Å². The summed E-state index contributed by atoms with van der Waals surface area (Å²) < 4.78 is 13.5. The molecule has 0 saturated heterocycles. The largest absolute Gasteiger partial charge is 0.205 e. The smallest absolute Gasteiger partial charge is 0.150 e. The molecule has 0 aliphatic rings. The number of hydrogen-bond acceptors (Lipinski definition) is 4. The predicted molar refractivity (Wildman–Crippen MR) is 92.4 cm³/mol. The Kier molecular flexibility index (Phi) is 4.81. The van der Waals surface area contributed by atoms with Crippen molar-refractivity contribution in [2.75, 3.05) is 0 Å². The zero-order valence-corrected chi connectivity index (χ0v) is 13.1. The summed E-state index contributed by atoms with van der Waals surface area (Å²) in [6.45, 7) is 2.02. The zero-order valence-electron chi connectivity index (χ0n) is 13.1. The molecule has 0 heterocycles. The van der Waals surface area contributed by atoms with Gasteiger partial charge in [-0.25, -0.2) is 4.39 Å². The van der Waals surface area contributed by atoms with Crippen molar-refractivity contribution in [2.24, 2.45) is 20.5 Å². The molecule has 3 rings (SSSR count). The first-order valence-electron chi connectivity index (χ1n) is 7.45. The topological polar surface area (TPSA) is 49.4 Å². The molecule has 0 aliphatic heterocycles. The molecule has 0 N–H and O–H groups in total.